The van der Waals surface area contributed by atoms with Crippen molar-refractivity contribution in [3.8, 4) is 11.3 Å². The van der Waals surface area contributed by atoms with Crippen molar-refractivity contribution in [3.05, 3.63) is 76.4 Å². The molecule has 0 aliphatic carbocycles. The molecular weight excluding hydrogens is 504 g/mol. The summed E-state index contributed by atoms with van der Waals surface area (Å²) >= 11 is 8.58. The fraction of sp³-hybridized carbons (Fsp3) is 0.208. The third kappa shape index (κ3) is 6.27. The largest absolute Gasteiger partial charge is 0.342 e. The van der Waals surface area contributed by atoms with Gasteiger partial charge in [0.15, 0.2) is 16.1 Å². The molecule has 1 unspecified atom stereocenters. The summed E-state index contributed by atoms with van der Waals surface area (Å²) in [6.45, 7) is 4.43. The first-order chi connectivity index (χ1) is 16.9. The van der Waals surface area contributed by atoms with Gasteiger partial charge in [-0.25, -0.2) is 4.98 Å². The Balaban J connectivity index is 1.34. The zero-order chi connectivity index (χ0) is 24.8. The maximum Gasteiger partial charge on any atom is 0.251 e. The van der Waals surface area contributed by atoms with Crippen LogP contribution in [0.5, 0.6) is 0 Å². The molecule has 0 spiro atoms. The van der Waals surface area contributed by atoms with Crippen molar-refractivity contribution in [2.45, 2.75) is 31.6 Å². The highest BCUT2D eigenvalue weighted by Crippen LogP contribution is 2.26. The van der Waals surface area contributed by atoms with E-state index in [4.69, 9.17) is 11.6 Å². The second-order valence-corrected chi connectivity index (χ2v) is 9.76. The van der Waals surface area contributed by atoms with Crippen LogP contribution in [0.2, 0.25) is 5.02 Å². The van der Waals surface area contributed by atoms with Crippen LogP contribution in [0, 0.1) is 0 Å². The second kappa shape index (κ2) is 11.5. The van der Waals surface area contributed by atoms with E-state index in [-0.39, 0.29) is 23.6 Å². The molecule has 2 aromatic carbocycles. The first kappa shape index (κ1) is 24.9. The molecule has 0 fully saturated rings. The monoisotopic (exact) mass is 526 g/mol. The third-order valence-corrected chi connectivity index (χ3v) is 7.03. The van der Waals surface area contributed by atoms with E-state index in [1.807, 2.05) is 54.1 Å². The van der Waals surface area contributed by atoms with Gasteiger partial charge in [-0.1, -0.05) is 53.7 Å². The van der Waals surface area contributed by atoms with E-state index in [1.54, 1.807) is 24.3 Å². The quantitative estimate of drug-likeness (QED) is 0.287. The van der Waals surface area contributed by atoms with Crippen LogP contribution in [-0.4, -0.2) is 37.3 Å². The molecule has 0 radical (unpaired) electrons. The van der Waals surface area contributed by atoms with Gasteiger partial charge in [0.05, 0.1) is 17.5 Å². The molecule has 0 saturated carbocycles. The number of anilines is 1. The average molecular weight is 527 g/mol. The third-order valence-electron chi connectivity index (χ3n) is 5.06. The summed E-state index contributed by atoms with van der Waals surface area (Å²) in [6, 6.07) is 16.0. The lowest BCUT2D eigenvalue weighted by Gasteiger charge is -2.15. The average Bonchev–Trinajstić information content (AvgIpc) is 3.50. The summed E-state index contributed by atoms with van der Waals surface area (Å²) in [5.41, 5.74) is 2.28. The standard InChI is InChI=1S/C24H23ClN6O2S2/c1-3-31-21(15(2)26-22(33)17-7-5-4-6-8-17)29-30-24(31)35-14-20(32)28-23-27-19(13-34-23)16-9-11-18(25)12-10-16/h4-13,15H,3,14H2,1-2H3,(H,26,33)(H,27,28,32). The zero-order valence-electron chi connectivity index (χ0n) is 19.1. The number of rotatable bonds is 9. The van der Waals surface area contributed by atoms with E-state index < -0.39 is 0 Å². The Morgan fingerprint density at radius 1 is 1.11 bits per heavy atom. The van der Waals surface area contributed by atoms with Gasteiger partial charge in [-0.15, -0.1) is 21.5 Å². The Morgan fingerprint density at radius 2 is 1.86 bits per heavy atom. The van der Waals surface area contributed by atoms with Gasteiger partial charge in [0.1, 0.15) is 0 Å². The predicted octanol–water partition coefficient (Wildman–Crippen LogP) is 5.30. The van der Waals surface area contributed by atoms with Crippen molar-refractivity contribution in [1.82, 2.24) is 25.1 Å². The lowest BCUT2D eigenvalue weighted by atomic mass is 10.2. The predicted molar refractivity (Wildman–Crippen MR) is 140 cm³/mol. The summed E-state index contributed by atoms with van der Waals surface area (Å²) in [5, 5.41) is 18.0. The van der Waals surface area contributed by atoms with Crippen LogP contribution in [0.1, 0.15) is 36.1 Å². The van der Waals surface area contributed by atoms with Crippen LogP contribution in [-0.2, 0) is 11.3 Å². The Hall–Kier alpha value is -3.21. The maximum atomic E-state index is 12.5. The van der Waals surface area contributed by atoms with Crippen LogP contribution < -0.4 is 10.6 Å². The summed E-state index contributed by atoms with van der Waals surface area (Å²) in [7, 11) is 0. The number of nitrogens with zero attached hydrogens (tertiary/aromatic N) is 4. The first-order valence-corrected chi connectivity index (χ1v) is 13.1. The van der Waals surface area contributed by atoms with Gasteiger partial charge >= 0.3 is 0 Å². The van der Waals surface area contributed by atoms with Crippen molar-refractivity contribution in [2.24, 2.45) is 0 Å². The number of carbonyl (C=O) groups excluding carboxylic acids is 2. The first-order valence-electron chi connectivity index (χ1n) is 10.9. The van der Waals surface area contributed by atoms with E-state index in [9.17, 15) is 9.59 Å². The molecule has 0 aliphatic heterocycles. The molecule has 0 saturated heterocycles. The van der Waals surface area contributed by atoms with Crippen molar-refractivity contribution in [3.63, 3.8) is 0 Å². The zero-order valence-corrected chi connectivity index (χ0v) is 21.5. The fourth-order valence-corrected chi connectivity index (χ4v) is 5.00. The second-order valence-electron chi connectivity index (χ2n) is 7.53. The minimum atomic E-state index is -0.347. The van der Waals surface area contributed by atoms with Gasteiger partial charge in [0.2, 0.25) is 5.91 Å². The highest BCUT2D eigenvalue weighted by molar-refractivity contribution is 7.99. The highest BCUT2D eigenvalue weighted by Gasteiger charge is 2.20. The number of nitrogens with one attached hydrogen (secondary N) is 2. The smallest absolute Gasteiger partial charge is 0.251 e. The molecule has 2 aromatic heterocycles. The van der Waals surface area contributed by atoms with Crippen LogP contribution in [0.25, 0.3) is 11.3 Å². The van der Waals surface area contributed by atoms with Crippen molar-refractivity contribution in [2.75, 3.05) is 11.1 Å². The summed E-state index contributed by atoms with van der Waals surface area (Å²) < 4.78 is 1.90. The number of halogens is 1. The van der Waals surface area contributed by atoms with Crippen LogP contribution in [0.4, 0.5) is 5.13 Å². The number of aromatic nitrogens is 4. The lowest BCUT2D eigenvalue weighted by molar-refractivity contribution is -0.113. The van der Waals surface area contributed by atoms with E-state index in [1.165, 1.54) is 23.1 Å². The van der Waals surface area contributed by atoms with Crippen LogP contribution in [0.3, 0.4) is 0 Å². The Labute approximate surface area is 216 Å². The molecule has 2 amide bonds. The highest BCUT2D eigenvalue weighted by atomic mass is 35.5. The molecule has 2 N–H and O–H groups in total. The molecule has 180 valence electrons. The molecule has 2 heterocycles. The van der Waals surface area contributed by atoms with Crippen molar-refractivity contribution >= 4 is 51.6 Å². The number of hydrogen-bond donors (Lipinski definition) is 2. The number of thioether (sulfide) groups is 1. The van der Waals surface area contributed by atoms with E-state index >= 15 is 0 Å². The van der Waals surface area contributed by atoms with Crippen molar-refractivity contribution < 1.29 is 9.59 Å². The fourth-order valence-electron chi connectivity index (χ4n) is 3.33. The van der Waals surface area contributed by atoms with Gasteiger partial charge in [-0.05, 0) is 38.1 Å². The van der Waals surface area contributed by atoms with E-state index in [2.05, 4.69) is 25.8 Å². The minimum absolute atomic E-state index is 0.152. The lowest BCUT2D eigenvalue weighted by Crippen LogP contribution is -2.28. The molecule has 35 heavy (non-hydrogen) atoms. The molecule has 0 aliphatic rings. The Kier molecular flexibility index (Phi) is 8.17. The van der Waals surface area contributed by atoms with Gasteiger partial charge in [0, 0.05) is 28.1 Å². The number of carbonyl (C=O) groups is 2. The molecule has 8 nitrogen and oxygen atoms in total. The molecule has 11 heteroatoms. The summed E-state index contributed by atoms with van der Waals surface area (Å²) in [4.78, 5) is 29.5. The molecule has 0 bridgehead atoms. The van der Waals surface area contributed by atoms with Gasteiger partial charge < -0.3 is 15.2 Å². The number of hydrogen-bond acceptors (Lipinski definition) is 7. The number of benzene rings is 2. The van der Waals surface area contributed by atoms with Gasteiger partial charge in [0.25, 0.3) is 5.91 Å². The van der Waals surface area contributed by atoms with E-state index in [0.29, 0.717) is 33.2 Å². The van der Waals surface area contributed by atoms with Crippen LogP contribution >= 0.6 is 34.7 Å². The molecular formula is C24H23ClN6O2S2. The van der Waals surface area contributed by atoms with E-state index in [0.717, 1.165) is 11.3 Å². The summed E-state index contributed by atoms with van der Waals surface area (Å²) in [6.07, 6.45) is 0. The van der Waals surface area contributed by atoms with Gasteiger partial charge in [-0.2, -0.15) is 0 Å². The van der Waals surface area contributed by atoms with Gasteiger partial charge in [-0.3, -0.25) is 9.59 Å². The Morgan fingerprint density at radius 3 is 2.57 bits per heavy atom. The molecule has 4 aromatic rings. The Bertz CT molecular complexity index is 1310. The topological polar surface area (TPSA) is 102 Å². The normalized spacial score (nSPS) is 11.7. The number of thiazole rings is 1. The molecule has 1 atom stereocenters. The van der Waals surface area contributed by atoms with Crippen molar-refractivity contribution in [1.29, 1.82) is 0 Å². The maximum absolute atomic E-state index is 12.5. The van der Waals surface area contributed by atoms with Crippen LogP contribution in [0.15, 0.2) is 65.1 Å². The SMILES string of the molecule is CCn1c(SCC(=O)Nc2nc(-c3ccc(Cl)cc3)cs2)nnc1C(C)NC(=O)c1ccccc1. The summed E-state index contributed by atoms with van der Waals surface area (Å²) in [5.74, 6) is 0.411. The number of amides is 2. The minimum Gasteiger partial charge on any atom is -0.342 e. The molecule has 4 rings (SSSR count).